The van der Waals surface area contributed by atoms with Gasteiger partial charge in [0.1, 0.15) is 6.61 Å². The number of hydrogen-bond donors (Lipinski definition) is 1. The summed E-state index contributed by atoms with van der Waals surface area (Å²) in [6, 6.07) is 9.48. The monoisotopic (exact) mass is 374 g/mol. The molecule has 26 heavy (non-hydrogen) atoms. The van der Waals surface area contributed by atoms with Crippen LogP contribution in [-0.2, 0) is 11.4 Å². The maximum Gasteiger partial charge on any atom is 0.221 e. The Kier molecular flexibility index (Phi) is 8.28. The summed E-state index contributed by atoms with van der Waals surface area (Å²) in [4.78, 5) is 16.0. The predicted octanol–water partition coefficient (Wildman–Crippen LogP) is 3.99. The topological polar surface area (TPSA) is 60.5 Å². The first-order valence-corrected chi connectivity index (χ1v) is 9.86. The molecule has 1 amide bonds. The highest BCUT2D eigenvalue weighted by atomic mass is 32.2. The number of nitrogens with one attached hydrogen (secondary N) is 1. The lowest BCUT2D eigenvalue weighted by atomic mass is 10.1. The van der Waals surface area contributed by atoms with E-state index in [0.29, 0.717) is 24.5 Å². The molecular weight excluding hydrogens is 348 g/mol. The van der Waals surface area contributed by atoms with Crippen molar-refractivity contribution in [1.82, 2.24) is 10.3 Å². The van der Waals surface area contributed by atoms with Crippen LogP contribution in [0.2, 0.25) is 0 Å². The minimum atomic E-state index is -0.0859. The van der Waals surface area contributed by atoms with Gasteiger partial charge in [-0.25, -0.2) is 0 Å². The molecule has 1 aromatic heterocycles. The molecule has 1 heterocycles. The fourth-order valence-corrected chi connectivity index (χ4v) is 3.04. The third-order valence-electron chi connectivity index (χ3n) is 3.89. The number of thioether (sulfide) groups is 1. The average molecular weight is 375 g/mol. The molecule has 0 spiro atoms. The molecule has 2 rings (SSSR count). The van der Waals surface area contributed by atoms with Gasteiger partial charge in [-0.3, -0.25) is 9.78 Å². The molecule has 0 fully saturated rings. The van der Waals surface area contributed by atoms with E-state index in [4.69, 9.17) is 9.47 Å². The molecule has 0 saturated carbocycles. The van der Waals surface area contributed by atoms with Crippen molar-refractivity contribution >= 4 is 17.7 Å². The molecule has 0 aliphatic rings. The highest BCUT2D eigenvalue weighted by Gasteiger charge is 2.13. The van der Waals surface area contributed by atoms with Crippen molar-refractivity contribution in [3.63, 3.8) is 0 Å². The van der Waals surface area contributed by atoms with Gasteiger partial charge in [-0.2, -0.15) is 11.8 Å². The van der Waals surface area contributed by atoms with Crippen LogP contribution in [0.4, 0.5) is 0 Å². The number of amides is 1. The van der Waals surface area contributed by atoms with Gasteiger partial charge < -0.3 is 14.8 Å². The zero-order valence-electron chi connectivity index (χ0n) is 15.5. The Hall–Kier alpha value is -2.21. The summed E-state index contributed by atoms with van der Waals surface area (Å²) in [6.45, 7) is 4.51. The number of ether oxygens (including phenoxy) is 2. The Labute approximate surface area is 159 Å². The highest BCUT2D eigenvalue weighted by molar-refractivity contribution is 7.99. The zero-order valence-corrected chi connectivity index (χ0v) is 16.3. The van der Waals surface area contributed by atoms with Gasteiger partial charge >= 0.3 is 0 Å². The van der Waals surface area contributed by atoms with Crippen molar-refractivity contribution in [3.8, 4) is 11.5 Å². The molecule has 1 unspecified atom stereocenters. The number of aromatic nitrogens is 1. The van der Waals surface area contributed by atoms with Crippen molar-refractivity contribution in [2.75, 3.05) is 18.6 Å². The number of carbonyl (C=O) groups is 1. The van der Waals surface area contributed by atoms with E-state index in [1.807, 2.05) is 37.3 Å². The SMILES string of the molecule is CCSCCC(=O)NC(C)c1ccc(OCc2ccncc2)c(OC)c1. The van der Waals surface area contributed by atoms with Gasteiger partial charge in [0.25, 0.3) is 0 Å². The lowest BCUT2D eigenvalue weighted by molar-refractivity contribution is -0.121. The Morgan fingerprint density at radius 3 is 2.69 bits per heavy atom. The minimum absolute atomic E-state index is 0.0652. The number of pyridine rings is 1. The first-order valence-electron chi connectivity index (χ1n) is 8.70. The van der Waals surface area contributed by atoms with Crippen LogP contribution in [0.5, 0.6) is 11.5 Å². The molecule has 0 radical (unpaired) electrons. The molecule has 6 heteroatoms. The van der Waals surface area contributed by atoms with Crippen LogP contribution in [0.1, 0.15) is 37.4 Å². The molecule has 5 nitrogen and oxygen atoms in total. The first-order chi connectivity index (χ1) is 12.6. The number of hydrogen-bond acceptors (Lipinski definition) is 5. The molecule has 0 bridgehead atoms. The summed E-state index contributed by atoms with van der Waals surface area (Å²) in [5.41, 5.74) is 2.02. The van der Waals surface area contributed by atoms with Crippen LogP contribution in [-0.4, -0.2) is 29.5 Å². The van der Waals surface area contributed by atoms with Crippen LogP contribution in [0.25, 0.3) is 0 Å². The summed E-state index contributed by atoms with van der Waals surface area (Å²) >= 11 is 1.77. The fourth-order valence-electron chi connectivity index (χ4n) is 2.42. The van der Waals surface area contributed by atoms with Gasteiger partial charge in [0.15, 0.2) is 11.5 Å². The number of nitrogens with zero attached hydrogens (tertiary/aromatic N) is 1. The Balaban J connectivity index is 1.97. The van der Waals surface area contributed by atoms with Crippen molar-refractivity contribution in [1.29, 1.82) is 0 Å². The van der Waals surface area contributed by atoms with E-state index in [2.05, 4.69) is 17.2 Å². The van der Waals surface area contributed by atoms with E-state index >= 15 is 0 Å². The summed E-state index contributed by atoms with van der Waals surface area (Å²) < 4.78 is 11.3. The van der Waals surface area contributed by atoms with Gasteiger partial charge in [0.2, 0.25) is 5.91 Å². The second kappa shape index (κ2) is 10.7. The van der Waals surface area contributed by atoms with Gasteiger partial charge in [0, 0.05) is 24.6 Å². The maximum absolute atomic E-state index is 12.0. The van der Waals surface area contributed by atoms with Crippen molar-refractivity contribution in [3.05, 3.63) is 53.9 Å². The van der Waals surface area contributed by atoms with E-state index in [1.165, 1.54) is 0 Å². The number of methoxy groups -OCH3 is 1. The molecule has 0 saturated heterocycles. The first kappa shape index (κ1) is 20.1. The fraction of sp³-hybridized carbons (Fsp3) is 0.400. The highest BCUT2D eigenvalue weighted by Crippen LogP contribution is 2.31. The maximum atomic E-state index is 12.0. The number of carbonyl (C=O) groups excluding carboxylic acids is 1. The second-order valence-electron chi connectivity index (χ2n) is 5.79. The van der Waals surface area contributed by atoms with Crippen LogP contribution >= 0.6 is 11.8 Å². The summed E-state index contributed by atoms with van der Waals surface area (Å²) in [7, 11) is 1.61. The van der Waals surface area contributed by atoms with Gasteiger partial charge in [0.05, 0.1) is 13.2 Å². The van der Waals surface area contributed by atoms with Gasteiger partial charge in [-0.05, 0) is 48.1 Å². The Morgan fingerprint density at radius 2 is 2.00 bits per heavy atom. The molecule has 0 aliphatic heterocycles. The van der Waals surface area contributed by atoms with E-state index in [0.717, 1.165) is 22.6 Å². The normalized spacial score (nSPS) is 11.7. The Morgan fingerprint density at radius 1 is 1.23 bits per heavy atom. The molecular formula is C20H26N2O3S. The smallest absolute Gasteiger partial charge is 0.221 e. The third-order valence-corrected chi connectivity index (χ3v) is 4.79. The lowest BCUT2D eigenvalue weighted by Gasteiger charge is -2.17. The van der Waals surface area contributed by atoms with E-state index in [1.54, 1.807) is 31.3 Å². The van der Waals surface area contributed by atoms with E-state index in [9.17, 15) is 4.79 Å². The molecule has 1 N–H and O–H groups in total. The summed E-state index contributed by atoms with van der Waals surface area (Å²) in [5.74, 6) is 3.27. The number of benzene rings is 1. The van der Waals surface area contributed by atoms with Crippen molar-refractivity contribution in [2.45, 2.75) is 32.9 Å². The van der Waals surface area contributed by atoms with Crippen molar-refractivity contribution in [2.24, 2.45) is 0 Å². The van der Waals surface area contributed by atoms with Crippen LogP contribution in [0.3, 0.4) is 0 Å². The molecule has 140 valence electrons. The Bertz CT molecular complexity index is 695. The lowest BCUT2D eigenvalue weighted by Crippen LogP contribution is -2.26. The van der Waals surface area contributed by atoms with Crippen LogP contribution < -0.4 is 14.8 Å². The van der Waals surface area contributed by atoms with Crippen LogP contribution in [0, 0.1) is 0 Å². The minimum Gasteiger partial charge on any atom is -0.493 e. The standard InChI is InChI=1S/C20H26N2O3S/c1-4-26-12-9-20(23)22-15(2)17-5-6-18(19(13-17)24-3)25-14-16-7-10-21-11-8-16/h5-8,10-11,13,15H,4,9,12,14H2,1-3H3,(H,22,23). The van der Waals surface area contributed by atoms with Crippen molar-refractivity contribution < 1.29 is 14.3 Å². The predicted molar refractivity (Wildman–Crippen MR) is 106 cm³/mol. The largest absolute Gasteiger partial charge is 0.493 e. The average Bonchev–Trinajstić information content (AvgIpc) is 2.67. The number of rotatable bonds is 10. The summed E-state index contributed by atoms with van der Waals surface area (Å²) in [6.07, 6.45) is 4.01. The van der Waals surface area contributed by atoms with E-state index < -0.39 is 0 Å². The molecule has 1 aromatic carbocycles. The summed E-state index contributed by atoms with van der Waals surface area (Å²) in [5, 5.41) is 3.03. The van der Waals surface area contributed by atoms with Gasteiger partial charge in [-0.15, -0.1) is 0 Å². The van der Waals surface area contributed by atoms with E-state index in [-0.39, 0.29) is 11.9 Å². The van der Waals surface area contributed by atoms with Crippen LogP contribution in [0.15, 0.2) is 42.7 Å². The second-order valence-corrected chi connectivity index (χ2v) is 7.18. The molecule has 2 aromatic rings. The van der Waals surface area contributed by atoms with Gasteiger partial charge in [-0.1, -0.05) is 13.0 Å². The molecule has 0 aliphatic carbocycles. The quantitative estimate of drug-likeness (QED) is 0.637. The zero-order chi connectivity index (χ0) is 18.8. The third kappa shape index (κ3) is 6.26. The molecule has 1 atom stereocenters.